The molecule has 6 N–H and O–H groups in total. The van der Waals surface area contributed by atoms with Crippen LogP contribution in [0.2, 0.25) is 0 Å². The van der Waals surface area contributed by atoms with Crippen molar-refractivity contribution in [3.05, 3.63) is 27.0 Å². The Hall–Kier alpha value is -1.60. The predicted octanol–water partition coefficient (Wildman–Crippen LogP) is -1.53. The summed E-state index contributed by atoms with van der Waals surface area (Å²) in [6.07, 6.45) is -0.00810. The Balaban J connectivity index is 3.71. The van der Waals surface area contributed by atoms with E-state index in [2.05, 4.69) is 4.98 Å². The Bertz CT molecular complexity index is 484. The Morgan fingerprint density at radius 2 is 1.37 bits per heavy atom. The molecule has 0 aromatic carbocycles. The highest BCUT2D eigenvalue weighted by molar-refractivity contribution is 5.51. The third-order valence-electron chi connectivity index (χ3n) is 1.75. The molecule has 19 heavy (non-hydrogen) atoms. The summed E-state index contributed by atoms with van der Waals surface area (Å²) < 4.78 is -1.11. The summed E-state index contributed by atoms with van der Waals surface area (Å²) in [6, 6.07) is 0. The number of hydrogen-bond donors (Lipinski definition) is 6. The largest absolute Gasteiger partial charge is 0.610 e. The maximum atomic E-state index is 11.4. The number of nitrogens with zero attached hydrogens (tertiary/aromatic N) is 5. The average molecular weight is 285 g/mol. The average Bonchev–Trinajstić information content (AvgIpc) is 2.11. The number of aromatic nitrogens is 2. The Morgan fingerprint density at radius 1 is 0.895 bits per heavy atom. The van der Waals surface area contributed by atoms with Gasteiger partial charge in [0.2, 0.25) is 0 Å². The zero-order chi connectivity index (χ0) is 15.2. The summed E-state index contributed by atoms with van der Waals surface area (Å²) in [5, 5.41) is 95.2. The van der Waals surface area contributed by atoms with Crippen molar-refractivity contribution in [2.24, 2.45) is 0 Å². The van der Waals surface area contributed by atoms with Gasteiger partial charge in [0, 0.05) is 9.95 Å². The lowest BCUT2D eigenvalue weighted by Crippen LogP contribution is -2.54. The highest BCUT2D eigenvalue weighted by Gasteiger charge is 2.48. The molecule has 15 heteroatoms. The van der Waals surface area contributed by atoms with Crippen LogP contribution >= 0.6 is 0 Å². The van der Waals surface area contributed by atoms with Gasteiger partial charge in [-0.3, -0.25) is 0 Å². The topological polar surface area (TPSA) is 230 Å². The first-order valence-electron chi connectivity index (χ1n) is 4.07. The summed E-state index contributed by atoms with van der Waals surface area (Å²) in [7, 11) is 0. The van der Waals surface area contributed by atoms with Crippen molar-refractivity contribution >= 4 is 17.5 Å². The summed E-state index contributed by atoms with van der Waals surface area (Å²) in [5.74, 6) is -5.61. The lowest BCUT2D eigenvalue weighted by Gasteiger charge is -2.27. The van der Waals surface area contributed by atoms with Gasteiger partial charge in [-0.05, 0) is 9.70 Å². The zero-order valence-electron chi connectivity index (χ0n) is 8.63. The summed E-state index contributed by atoms with van der Waals surface area (Å²) in [6.45, 7) is 0. The van der Waals surface area contributed by atoms with Gasteiger partial charge in [0.05, 0.1) is 0 Å². The summed E-state index contributed by atoms with van der Waals surface area (Å²) >= 11 is 0. The highest BCUT2D eigenvalue weighted by atomic mass is 17.1. The molecule has 0 aliphatic carbocycles. The minimum Gasteiger partial charge on any atom is -0.610 e. The molecule has 108 valence electrons. The smallest absolute Gasteiger partial charge is 0.542 e. The molecule has 1 rings (SSSR count). The van der Waals surface area contributed by atoms with Gasteiger partial charge in [-0.15, -0.1) is 0 Å². The fourth-order valence-corrected chi connectivity index (χ4v) is 1.08. The molecule has 0 aliphatic heterocycles. The molecule has 0 spiro atoms. The monoisotopic (exact) mass is 285 g/mol. The van der Waals surface area contributed by atoms with Gasteiger partial charge in [0.25, 0.3) is 0 Å². The normalized spacial score (nSPS) is 13.7. The van der Waals surface area contributed by atoms with Crippen molar-refractivity contribution < 1.29 is 36.0 Å². The van der Waals surface area contributed by atoms with E-state index >= 15 is 0 Å². The van der Waals surface area contributed by atoms with Crippen LogP contribution in [0.25, 0.3) is 0 Å². The molecule has 0 saturated heterocycles. The van der Waals surface area contributed by atoms with Gasteiger partial charge in [-0.25, -0.2) is 0 Å². The van der Waals surface area contributed by atoms with Gasteiger partial charge >= 0.3 is 17.5 Å². The standard InChI is InChI=1S/C4H7N5O10/c10-6-2(7(11,12)13)1-5-3(8(14,15)16)4(6)9(17,18)19/h1,11-12,14-15,17-18H. The van der Waals surface area contributed by atoms with Crippen LogP contribution in [0.3, 0.4) is 0 Å². The van der Waals surface area contributed by atoms with Crippen LogP contribution < -0.4 is 19.6 Å². The quantitative estimate of drug-likeness (QED) is 0.161. The van der Waals surface area contributed by atoms with E-state index in [0.29, 0.717) is 0 Å². The van der Waals surface area contributed by atoms with E-state index in [9.17, 15) is 20.8 Å². The second kappa shape index (κ2) is 4.21. The molecule has 0 bridgehead atoms. The van der Waals surface area contributed by atoms with E-state index in [1.165, 1.54) is 0 Å². The van der Waals surface area contributed by atoms with E-state index in [1.54, 1.807) is 0 Å². The molecule has 1 heterocycles. The van der Waals surface area contributed by atoms with E-state index in [1.807, 2.05) is 0 Å². The fourth-order valence-electron chi connectivity index (χ4n) is 1.08. The van der Waals surface area contributed by atoms with Crippen LogP contribution in [0.4, 0.5) is 17.5 Å². The van der Waals surface area contributed by atoms with E-state index in [-0.39, 0.29) is 6.20 Å². The highest BCUT2D eigenvalue weighted by Crippen LogP contribution is 2.29. The molecule has 0 unspecified atom stereocenters. The van der Waals surface area contributed by atoms with Crippen molar-refractivity contribution in [1.29, 1.82) is 0 Å². The number of rotatable bonds is 3. The molecule has 0 amide bonds. The number of quaternary nitrogens is 3. The van der Waals surface area contributed by atoms with Crippen LogP contribution in [0, 0.1) is 20.8 Å². The van der Waals surface area contributed by atoms with Crippen LogP contribution in [0.1, 0.15) is 0 Å². The maximum absolute atomic E-state index is 11.4. The molecule has 15 nitrogen and oxygen atoms in total. The van der Waals surface area contributed by atoms with Crippen LogP contribution in [0.5, 0.6) is 0 Å². The molecule has 0 fully saturated rings. The lowest BCUT2D eigenvalue weighted by atomic mass is 10.5. The van der Waals surface area contributed by atoms with Gasteiger partial charge < -0.3 is 20.8 Å². The molecule has 0 radical (unpaired) electrons. The molecule has 1 aromatic heterocycles. The first-order valence-corrected chi connectivity index (χ1v) is 4.07. The van der Waals surface area contributed by atoms with Gasteiger partial charge in [0.1, 0.15) is 0 Å². The third-order valence-corrected chi connectivity index (χ3v) is 1.75. The van der Waals surface area contributed by atoms with Gasteiger partial charge in [-0.1, -0.05) is 0 Å². The Morgan fingerprint density at radius 3 is 1.68 bits per heavy atom. The van der Waals surface area contributed by atoms with Crippen molar-refractivity contribution in [3.8, 4) is 0 Å². The maximum Gasteiger partial charge on any atom is 0.542 e. The Kier molecular flexibility index (Phi) is 3.42. The molecular formula is C4H7N5O10. The second-order valence-electron chi connectivity index (χ2n) is 3.19. The van der Waals surface area contributed by atoms with E-state index in [0.717, 1.165) is 0 Å². The minimum atomic E-state index is -3.69. The van der Waals surface area contributed by atoms with E-state index < -0.39 is 37.1 Å². The first kappa shape index (κ1) is 15.5. The van der Waals surface area contributed by atoms with Crippen molar-refractivity contribution in [3.63, 3.8) is 0 Å². The fraction of sp³-hybridized carbons (Fsp3) is 0. The summed E-state index contributed by atoms with van der Waals surface area (Å²) in [5.41, 5.74) is 0. The number of hydrogen-bond acceptors (Lipinski definition) is 11. The SMILES string of the molecule is [O-][n+]1c([N+]([O-])(O)O)cnc([N+]([O-])(O)O)c1[N+]([O-])(O)O. The van der Waals surface area contributed by atoms with Crippen LogP contribution in [-0.2, 0) is 0 Å². The molecule has 0 atom stereocenters. The van der Waals surface area contributed by atoms with Crippen LogP contribution in [-0.4, -0.2) is 36.2 Å². The van der Waals surface area contributed by atoms with Crippen molar-refractivity contribution in [1.82, 2.24) is 19.9 Å². The summed E-state index contributed by atoms with van der Waals surface area (Å²) in [4.78, 5) is -7.93. The second-order valence-corrected chi connectivity index (χ2v) is 3.19. The first-order chi connectivity index (χ1) is 8.26. The molecule has 1 aromatic rings. The van der Waals surface area contributed by atoms with Gasteiger partial charge in [-0.2, -0.15) is 36.2 Å². The molecular weight excluding hydrogens is 278 g/mol. The predicted molar refractivity (Wildman–Crippen MR) is 49.4 cm³/mol. The Labute approximate surface area is 101 Å². The third kappa shape index (κ3) is 3.05. The van der Waals surface area contributed by atoms with E-state index in [4.69, 9.17) is 31.2 Å². The van der Waals surface area contributed by atoms with Crippen molar-refractivity contribution in [2.45, 2.75) is 0 Å². The van der Waals surface area contributed by atoms with Gasteiger partial charge in [0.15, 0.2) is 6.20 Å². The molecule has 0 saturated carbocycles. The lowest BCUT2D eigenvalue weighted by molar-refractivity contribution is -0.621. The van der Waals surface area contributed by atoms with Crippen LogP contribution in [0.15, 0.2) is 6.20 Å². The minimum absolute atomic E-state index is 0.00810. The zero-order valence-corrected chi connectivity index (χ0v) is 8.63. The molecule has 0 aliphatic rings. The van der Waals surface area contributed by atoms with Crippen molar-refractivity contribution in [2.75, 3.05) is 0 Å².